The third-order valence-electron chi connectivity index (χ3n) is 3.66. The smallest absolute Gasteiger partial charge is 0.228 e. The molecule has 0 atom stereocenters. The number of anilines is 3. The lowest BCUT2D eigenvalue weighted by atomic mass is 9.85. The van der Waals surface area contributed by atoms with Crippen LogP contribution in [0.1, 0.15) is 24.8 Å². The van der Waals surface area contributed by atoms with Crippen LogP contribution in [-0.2, 0) is 4.79 Å². The van der Waals surface area contributed by atoms with Crippen molar-refractivity contribution in [3.05, 3.63) is 42.0 Å². The Morgan fingerprint density at radius 3 is 2.59 bits per heavy atom. The summed E-state index contributed by atoms with van der Waals surface area (Å²) in [6, 6.07) is 12.6. The van der Waals surface area contributed by atoms with Gasteiger partial charge in [0.1, 0.15) is 0 Å². The monoisotopic (exact) mass is 293 g/mol. The van der Waals surface area contributed by atoms with Gasteiger partial charge >= 0.3 is 0 Å². The second kappa shape index (κ2) is 6.22. The number of hydrogen-bond donors (Lipinski definition) is 2. The molecule has 3 rings (SSSR count). The fourth-order valence-electron chi connectivity index (χ4n) is 2.18. The summed E-state index contributed by atoms with van der Waals surface area (Å²) < 4.78 is 0. The Hall–Kier alpha value is -2.94. The molecule has 6 heteroatoms. The number of nitriles is 1. The third kappa shape index (κ3) is 3.20. The zero-order valence-corrected chi connectivity index (χ0v) is 11.9. The van der Waals surface area contributed by atoms with Crippen molar-refractivity contribution in [3.8, 4) is 6.07 Å². The minimum Gasteiger partial charge on any atom is -0.339 e. The summed E-state index contributed by atoms with van der Waals surface area (Å²) in [5.74, 6) is 1.14. The van der Waals surface area contributed by atoms with E-state index in [0.29, 0.717) is 17.2 Å². The fourth-order valence-corrected chi connectivity index (χ4v) is 2.18. The molecule has 1 amide bonds. The summed E-state index contributed by atoms with van der Waals surface area (Å²) in [6.45, 7) is 0. The van der Waals surface area contributed by atoms with Gasteiger partial charge < -0.3 is 10.6 Å². The van der Waals surface area contributed by atoms with Crippen molar-refractivity contribution in [2.45, 2.75) is 19.3 Å². The Balaban J connectivity index is 1.63. The van der Waals surface area contributed by atoms with Crippen LogP contribution >= 0.6 is 0 Å². The van der Waals surface area contributed by atoms with E-state index in [1.165, 1.54) is 0 Å². The Labute approximate surface area is 128 Å². The number of nitrogens with zero attached hydrogens (tertiary/aromatic N) is 3. The molecule has 0 bridgehead atoms. The first kappa shape index (κ1) is 14.0. The van der Waals surface area contributed by atoms with Crippen molar-refractivity contribution in [3.63, 3.8) is 0 Å². The summed E-state index contributed by atoms with van der Waals surface area (Å²) >= 11 is 0. The van der Waals surface area contributed by atoms with E-state index in [0.717, 1.165) is 24.9 Å². The molecule has 1 aromatic carbocycles. The van der Waals surface area contributed by atoms with Crippen LogP contribution in [-0.4, -0.2) is 16.1 Å². The maximum absolute atomic E-state index is 11.8. The van der Waals surface area contributed by atoms with Crippen LogP contribution in [0.5, 0.6) is 0 Å². The van der Waals surface area contributed by atoms with Gasteiger partial charge in [-0.1, -0.05) is 12.5 Å². The highest BCUT2D eigenvalue weighted by molar-refractivity contribution is 5.92. The van der Waals surface area contributed by atoms with Gasteiger partial charge in [0, 0.05) is 11.6 Å². The second-order valence-corrected chi connectivity index (χ2v) is 5.24. The van der Waals surface area contributed by atoms with Crippen LogP contribution in [0, 0.1) is 17.2 Å². The highest BCUT2D eigenvalue weighted by Crippen LogP contribution is 2.27. The Morgan fingerprint density at radius 1 is 1.18 bits per heavy atom. The molecule has 1 heterocycles. The normalized spacial score (nSPS) is 13.8. The lowest BCUT2D eigenvalue weighted by molar-refractivity contribution is -0.122. The van der Waals surface area contributed by atoms with Gasteiger partial charge in [0.05, 0.1) is 11.6 Å². The maximum atomic E-state index is 11.8. The summed E-state index contributed by atoms with van der Waals surface area (Å²) in [5.41, 5.74) is 1.34. The number of amides is 1. The predicted molar refractivity (Wildman–Crippen MR) is 82.4 cm³/mol. The quantitative estimate of drug-likeness (QED) is 0.904. The highest BCUT2D eigenvalue weighted by atomic mass is 16.2. The lowest BCUT2D eigenvalue weighted by Gasteiger charge is -2.23. The zero-order chi connectivity index (χ0) is 15.4. The topological polar surface area (TPSA) is 90.7 Å². The minimum absolute atomic E-state index is 0.0166. The van der Waals surface area contributed by atoms with Gasteiger partial charge in [-0.25, -0.2) is 0 Å². The molecule has 1 saturated carbocycles. The van der Waals surface area contributed by atoms with E-state index in [1.807, 2.05) is 6.07 Å². The fraction of sp³-hybridized carbons (Fsp3) is 0.250. The van der Waals surface area contributed by atoms with Crippen LogP contribution < -0.4 is 10.6 Å². The number of hydrogen-bond acceptors (Lipinski definition) is 5. The zero-order valence-electron chi connectivity index (χ0n) is 11.9. The summed E-state index contributed by atoms with van der Waals surface area (Å²) in [5, 5.41) is 22.7. The first-order valence-electron chi connectivity index (χ1n) is 7.16. The maximum Gasteiger partial charge on any atom is 0.228 e. The molecule has 1 aliphatic carbocycles. The van der Waals surface area contributed by atoms with E-state index in [1.54, 1.807) is 30.3 Å². The molecule has 1 fully saturated rings. The summed E-state index contributed by atoms with van der Waals surface area (Å²) in [4.78, 5) is 11.8. The molecule has 0 unspecified atom stereocenters. The Kier molecular flexibility index (Phi) is 3.97. The van der Waals surface area contributed by atoms with Crippen molar-refractivity contribution in [1.29, 1.82) is 5.26 Å². The molecule has 110 valence electrons. The predicted octanol–water partition coefficient (Wildman–Crippen LogP) is 2.83. The van der Waals surface area contributed by atoms with Crippen LogP contribution in [0.2, 0.25) is 0 Å². The number of carbonyl (C=O) groups excluding carboxylic acids is 1. The van der Waals surface area contributed by atoms with E-state index >= 15 is 0 Å². The number of nitrogens with one attached hydrogen (secondary N) is 2. The van der Waals surface area contributed by atoms with Crippen molar-refractivity contribution >= 4 is 23.2 Å². The average molecular weight is 293 g/mol. The molecular formula is C16H15N5O. The molecule has 0 radical (unpaired) electrons. The minimum atomic E-state index is 0.0166. The van der Waals surface area contributed by atoms with Crippen molar-refractivity contribution in [2.24, 2.45) is 5.92 Å². The van der Waals surface area contributed by atoms with Gasteiger partial charge in [-0.15, -0.1) is 10.2 Å². The standard InChI is InChI=1S/C16H15N5O/c17-10-11-3-1-6-13(9-11)18-14-7-8-15(21-20-14)19-16(22)12-4-2-5-12/h1,3,6-9,12H,2,4-5H2,(H,18,20)(H,19,21,22). The largest absolute Gasteiger partial charge is 0.339 e. The van der Waals surface area contributed by atoms with Crippen LogP contribution in [0.4, 0.5) is 17.3 Å². The second-order valence-electron chi connectivity index (χ2n) is 5.24. The molecule has 1 aliphatic rings. The van der Waals surface area contributed by atoms with E-state index < -0.39 is 0 Å². The van der Waals surface area contributed by atoms with Crippen LogP contribution in [0.15, 0.2) is 36.4 Å². The van der Waals surface area contributed by atoms with Crippen LogP contribution in [0.3, 0.4) is 0 Å². The van der Waals surface area contributed by atoms with Gasteiger partial charge in [-0.05, 0) is 43.2 Å². The molecule has 6 nitrogen and oxygen atoms in total. The van der Waals surface area contributed by atoms with Gasteiger partial charge in [-0.2, -0.15) is 5.26 Å². The third-order valence-corrected chi connectivity index (χ3v) is 3.66. The van der Waals surface area contributed by atoms with E-state index in [9.17, 15) is 4.79 Å². The first-order valence-corrected chi connectivity index (χ1v) is 7.16. The molecule has 2 N–H and O–H groups in total. The van der Waals surface area contributed by atoms with Crippen molar-refractivity contribution in [1.82, 2.24) is 10.2 Å². The Bertz CT molecular complexity index is 716. The molecule has 22 heavy (non-hydrogen) atoms. The average Bonchev–Trinajstić information content (AvgIpc) is 2.48. The van der Waals surface area contributed by atoms with Crippen molar-refractivity contribution < 1.29 is 4.79 Å². The molecule has 0 spiro atoms. The SMILES string of the molecule is N#Cc1cccc(Nc2ccc(NC(=O)C3CCC3)nn2)c1. The number of benzene rings is 1. The first-order chi connectivity index (χ1) is 10.7. The van der Waals surface area contributed by atoms with Gasteiger partial charge in [-0.3, -0.25) is 4.79 Å². The van der Waals surface area contributed by atoms with Crippen molar-refractivity contribution in [2.75, 3.05) is 10.6 Å². The van der Waals surface area contributed by atoms with Gasteiger partial charge in [0.15, 0.2) is 11.6 Å². The molecule has 0 saturated heterocycles. The summed E-state index contributed by atoms with van der Waals surface area (Å²) in [7, 11) is 0. The highest BCUT2D eigenvalue weighted by Gasteiger charge is 2.25. The van der Waals surface area contributed by atoms with E-state index in [-0.39, 0.29) is 11.8 Å². The number of aromatic nitrogens is 2. The van der Waals surface area contributed by atoms with Gasteiger partial charge in [0.25, 0.3) is 0 Å². The van der Waals surface area contributed by atoms with E-state index in [4.69, 9.17) is 5.26 Å². The Morgan fingerprint density at radius 2 is 1.95 bits per heavy atom. The molecule has 2 aromatic rings. The lowest BCUT2D eigenvalue weighted by Crippen LogP contribution is -2.28. The van der Waals surface area contributed by atoms with Crippen LogP contribution in [0.25, 0.3) is 0 Å². The number of carbonyl (C=O) groups is 1. The summed E-state index contributed by atoms with van der Waals surface area (Å²) in [6.07, 6.45) is 3.02. The molecule has 1 aromatic heterocycles. The molecular weight excluding hydrogens is 278 g/mol. The van der Waals surface area contributed by atoms with Gasteiger partial charge in [0.2, 0.25) is 5.91 Å². The number of rotatable bonds is 4. The van der Waals surface area contributed by atoms with E-state index in [2.05, 4.69) is 26.9 Å². The molecule has 0 aliphatic heterocycles.